The highest BCUT2D eigenvalue weighted by Crippen LogP contribution is 2.51. The number of carbonyl (C=O) groups excluding carboxylic acids is 4. The quantitative estimate of drug-likeness (QED) is 0.263. The number of hydrogen-bond acceptors (Lipinski definition) is 9. The molecule has 12 heteroatoms. The van der Waals surface area contributed by atoms with E-state index < -0.39 is 46.8 Å². The van der Waals surface area contributed by atoms with Crippen LogP contribution in [0, 0.1) is 10.1 Å². The maximum Gasteiger partial charge on any atom is 0.356 e. The first kappa shape index (κ1) is 27.2. The number of non-ortho nitro benzene ring substituents is 1. The van der Waals surface area contributed by atoms with Crippen LogP contribution in [-0.2, 0) is 23.9 Å². The van der Waals surface area contributed by atoms with E-state index in [0.717, 1.165) is 19.2 Å². The second kappa shape index (κ2) is 11.0. The molecule has 12 nitrogen and oxygen atoms in total. The molecule has 0 unspecified atom stereocenters. The molecule has 5 rings (SSSR count). The van der Waals surface area contributed by atoms with Gasteiger partial charge < -0.3 is 14.8 Å². The van der Waals surface area contributed by atoms with E-state index in [-0.39, 0.29) is 17.0 Å². The van der Waals surface area contributed by atoms with Gasteiger partial charge in [0.05, 0.1) is 36.8 Å². The number of benzene rings is 3. The molecule has 0 aromatic heterocycles. The minimum absolute atomic E-state index is 0.185. The number of fused-ring (bicyclic) bond motifs is 1. The van der Waals surface area contributed by atoms with E-state index in [1.807, 2.05) is 0 Å². The lowest BCUT2D eigenvalue weighted by Gasteiger charge is -2.33. The second-order valence-corrected chi connectivity index (χ2v) is 9.20. The minimum atomic E-state index is -1.19. The summed E-state index contributed by atoms with van der Waals surface area (Å²) in [5, 5.41) is 16.7. The van der Waals surface area contributed by atoms with Crippen molar-refractivity contribution in [3.8, 4) is 0 Å². The van der Waals surface area contributed by atoms with Crippen LogP contribution in [0.25, 0.3) is 0 Å². The molecule has 208 valence electrons. The van der Waals surface area contributed by atoms with Crippen molar-refractivity contribution in [2.45, 2.75) is 18.1 Å². The maximum atomic E-state index is 14.1. The smallest absolute Gasteiger partial charge is 0.356 e. The number of carbonyl (C=O) groups is 4. The molecular formula is C29H24N4O8. The predicted octanol–water partition coefficient (Wildman–Crippen LogP) is 2.85. The lowest BCUT2D eigenvalue weighted by atomic mass is 9.92. The Labute approximate surface area is 233 Å². The van der Waals surface area contributed by atoms with E-state index in [1.165, 1.54) is 29.3 Å². The summed E-state index contributed by atoms with van der Waals surface area (Å²) in [6, 6.07) is 19.3. The van der Waals surface area contributed by atoms with E-state index in [1.54, 1.807) is 60.7 Å². The molecule has 2 aliphatic heterocycles. The molecule has 2 amide bonds. The summed E-state index contributed by atoms with van der Waals surface area (Å²) in [7, 11) is 2.24. The van der Waals surface area contributed by atoms with Crippen molar-refractivity contribution in [3.63, 3.8) is 0 Å². The molecule has 0 saturated carbocycles. The fourth-order valence-electron chi connectivity index (χ4n) is 5.19. The van der Waals surface area contributed by atoms with Crippen LogP contribution in [0.2, 0.25) is 0 Å². The summed E-state index contributed by atoms with van der Waals surface area (Å²) in [5.41, 5.74) is 0.540. The van der Waals surface area contributed by atoms with Crippen LogP contribution in [-0.4, -0.2) is 59.0 Å². The van der Waals surface area contributed by atoms with Gasteiger partial charge in [0.2, 0.25) is 0 Å². The number of hydrogen-bond donors (Lipinski definition) is 1. The lowest BCUT2D eigenvalue weighted by Crippen LogP contribution is -2.44. The standard InChI is InChI=1S/C29H24N4O8/c1-40-28(36)21-23(18-13-15-20(16-14-18)33(38)39)31-24(17-9-5-3-6-10-17)22(27(35)32(31)25(21)29(37)41-2)30-26(34)19-11-7-4-8-12-19/h3-16,22-24H,1-2H3,(H,30,34)/t22-,23+,24-/m0/s1. The van der Waals surface area contributed by atoms with Crippen LogP contribution in [0.3, 0.4) is 0 Å². The molecule has 0 radical (unpaired) electrons. The van der Waals surface area contributed by atoms with Gasteiger partial charge in [0.1, 0.15) is 6.04 Å². The molecule has 3 aromatic rings. The molecule has 2 heterocycles. The van der Waals surface area contributed by atoms with Gasteiger partial charge in [-0.2, -0.15) is 5.01 Å². The third kappa shape index (κ3) is 4.70. The van der Waals surface area contributed by atoms with E-state index in [4.69, 9.17) is 9.47 Å². The van der Waals surface area contributed by atoms with Crippen molar-refractivity contribution >= 4 is 29.4 Å². The van der Waals surface area contributed by atoms with Gasteiger partial charge in [-0.05, 0) is 23.3 Å². The lowest BCUT2D eigenvalue weighted by molar-refractivity contribution is -0.384. The normalized spacial score (nSPS) is 20.0. The maximum absolute atomic E-state index is 14.1. The van der Waals surface area contributed by atoms with Gasteiger partial charge >= 0.3 is 11.9 Å². The Morgan fingerprint density at radius 1 is 0.829 bits per heavy atom. The van der Waals surface area contributed by atoms with Crippen LogP contribution < -0.4 is 5.32 Å². The number of rotatable bonds is 7. The highest BCUT2D eigenvalue weighted by Gasteiger charge is 2.60. The third-order valence-corrected chi connectivity index (χ3v) is 6.98. The first-order valence-corrected chi connectivity index (χ1v) is 12.5. The highest BCUT2D eigenvalue weighted by atomic mass is 16.6. The average Bonchev–Trinajstić information content (AvgIpc) is 3.49. The zero-order chi connectivity index (χ0) is 29.3. The summed E-state index contributed by atoms with van der Waals surface area (Å²) in [4.78, 5) is 64.5. The molecular weight excluding hydrogens is 532 g/mol. The van der Waals surface area contributed by atoms with Gasteiger partial charge in [-0.3, -0.25) is 19.7 Å². The Hall–Kier alpha value is -5.36. The van der Waals surface area contributed by atoms with Gasteiger partial charge in [0.25, 0.3) is 17.5 Å². The van der Waals surface area contributed by atoms with Gasteiger partial charge in [0.15, 0.2) is 5.70 Å². The average molecular weight is 557 g/mol. The van der Waals surface area contributed by atoms with Crippen molar-refractivity contribution in [3.05, 3.63) is 123 Å². The topological polar surface area (TPSA) is 148 Å². The zero-order valence-electron chi connectivity index (χ0n) is 21.9. The predicted molar refractivity (Wildman–Crippen MR) is 142 cm³/mol. The molecule has 3 atom stereocenters. The van der Waals surface area contributed by atoms with E-state index in [9.17, 15) is 29.3 Å². The Balaban J connectivity index is 1.71. The molecule has 0 aliphatic carbocycles. The number of methoxy groups -OCH3 is 2. The highest BCUT2D eigenvalue weighted by molar-refractivity contribution is 6.07. The van der Waals surface area contributed by atoms with E-state index in [0.29, 0.717) is 16.7 Å². The SMILES string of the molecule is COC(=O)C1=C(C(=O)OC)N2C(=O)[C@@H](NC(=O)c3ccccc3)[C@H](c3ccccc3)N2[C@@H]1c1ccc([N+](=O)[O-])cc1. The van der Waals surface area contributed by atoms with Crippen LogP contribution >= 0.6 is 0 Å². The van der Waals surface area contributed by atoms with Crippen LogP contribution in [0.5, 0.6) is 0 Å². The van der Waals surface area contributed by atoms with E-state index >= 15 is 0 Å². The van der Waals surface area contributed by atoms with Crippen LogP contribution in [0.4, 0.5) is 5.69 Å². The Morgan fingerprint density at radius 2 is 1.41 bits per heavy atom. The number of nitro benzene ring substituents is 1. The molecule has 1 N–H and O–H groups in total. The fourth-order valence-corrected chi connectivity index (χ4v) is 5.19. The second-order valence-electron chi connectivity index (χ2n) is 9.20. The molecule has 0 spiro atoms. The van der Waals surface area contributed by atoms with Crippen molar-refractivity contribution in [2.75, 3.05) is 14.2 Å². The van der Waals surface area contributed by atoms with Gasteiger partial charge in [0, 0.05) is 17.7 Å². The molecule has 1 saturated heterocycles. The Bertz CT molecular complexity index is 1560. The molecule has 0 bridgehead atoms. The third-order valence-electron chi connectivity index (χ3n) is 6.98. The van der Waals surface area contributed by atoms with Gasteiger partial charge in [-0.25, -0.2) is 14.6 Å². The summed E-state index contributed by atoms with van der Waals surface area (Å²) < 4.78 is 9.99. The molecule has 1 fully saturated rings. The van der Waals surface area contributed by atoms with Crippen molar-refractivity contribution in [1.82, 2.24) is 15.3 Å². The van der Waals surface area contributed by atoms with Crippen molar-refractivity contribution < 1.29 is 33.6 Å². The minimum Gasteiger partial charge on any atom is -0.466 e. The van der Waals surface area contributed by atoms with E-state index in [2.05, 4.69) is 5.32 Å². The first-order valence-electron chi connectivity index (χ1n) is 12.5. The van der Waals surface area contributed by atoms with Crippen LogP contribution in [0.15, 0.2) is 96.2 Å². The number of hydrazine groups is 1. The monoisotopic (exact) mass is 556 g/mol. The van der Waals surface area contributed by atoms with Crippen molar-refractivity contribution in [2.24, 2.45) is 0 Å². The number of ether oxygens (including phenoxy) is 2. The van der Waals surface area contributed by atoms with Crippen LogP contribution in [0.1, 0.15) is 33.6 Å². The zero-order valence-corrected chi connectivity index (χ0v) is 21.9. The Morgan fingerprint density at radius 3 is 1.98 bits per heavy atom. The number of nitrogens with zero attached hydrogens (tertiary/aromatic N) is 3. The summed E-state index contributed by atoms with van der Waals surface area (Å²) in [6.07, 6.45) is 0. The van der Waals surface area contributed by atoms with Gasteiger partial charge in [-0.1, -0.05) is 60.7 Å². The number of esters is 2. The summed E-state index contributed by atoms with van der Waals surface area (Å²) in [6.45, 7) is 0. The molecule has 3 aromatic carbocycles. The summed E-state index contributed by atoms with van der Waals surface area (Å²) >= 11 is 0. The number of nitro groups is 1. The number of amides is 2. The fraction of sp³-hybridized carbons (Fsp3) is 0.172. The molecule has 2 aliphatic rings. The number of nitrogens with one attached hydrogen (secondary N) is 1. The Kier molecular flexibility index (Phi) is 7.32. The van der Waals surface area contributed by atoms with Gasteiger partial charge in [-0.15, -0.1) is 0 Å². The van der Waals surface area contributed by atoms with Crippen molar-refractivity contribution in [1.29, 1.82) is 0 Å². The summed E-state index contributed by atoms with van der Waals surface area (Å²) in [5.74, 6) is -3.08. The first-order chi connectivity index (χ1) is 19.8. The largest absolute Gasteiger partial charge is 0.466 e. The molecule has 41 heavy (non-hydrogen) atoms.